The number of hydrogen-bond acceptors (Lipinski definition) is 4. The molecule has 0 atom stereocenters. The Kier molecular flexibility index (Phi) is 12.4. The molecule has 301 valence electrons. The molecule has 0 fully saturated rings. The fraction of sp³-hybridized carbons (Fsp3) is 0.238. The maximum atomic E-state index is 14.8. The molecule has 0 amide bonds. The van der Waals surface area contributed by atoms with Crippen LogP contribution in [0.4, 0.5) is 43.9 Å². The maximum absolute atomic E-state index is 14.8. The van der Waals surface area contributed by atoms with Gasteiger partial charge in [-0.1, -0.05) is 41.5 Å². The van der Waals surface area contributed by atoms with Crippen LogP contribution in [0.25, 0.3) is 33.9 Å². The number of alkyl halides is 6. The van der Waals surface area contributed by atoms with Crippen molar-refractivity contribution in [1.29, 1.82) is 0 Å². The second-order valence-electron chi connectivity index (χ2n) is 14.7. The van der Waals surface area contributed by atoms with Gasteiger partial charge in [-0.2, -0.15) is 0 Å². The minimum atomic E-state index is -4.72. The monoisotopic (exact) mass is 977 g/mol. The van der Waals surface area contributed by atoms with Gasteiger partial charge in [0.2, 0.25) is 0 Å². The van der Waals surface area contributed by atoms with E-state index in [0.717, 1.165) is 35.7 Å². The molecule has 0 N–H and O–H groups in total. The summed E-state index contributed by atoms with van der Waals surface area (Å²) < 4.78 is 135. The van der Waals surface area contributed by atoms with Crippen LogP contribution in [0.15, 0.2) is 97.6 Å². The first-order chi connectivity index (χ1) is 26.4. The Balaban J connectivity index is 0.000000261. The second kappa shape index (κ2) is 16.5. The van der Waals surface area contributed by atoms with Crippen molar-refractivity contribution in [3.8, 4) is 33.9 Å². The van der Waals surface area contributed by atoms with Gasteiger partial charge in [0.05, 0.1) is 11.4 Å². The van der Waals surface area contributed by atoms with Crippen LogP contribution >= 0.6 is 0 Å². The van der Waals surface area contributed by atoms with Crippen LogP contribution in [0, 0.1) is 23.3 Å². The Hall–Kier alpha value is -5.01. The standard InChI is InChI=1S/C18H24N2.2C12H5F5N.Ir/c1-17(2,3)13-7-9-19-15(11-13)16-12-14(8-10-20-16)18(4,5)6;2*13-8-2-3-9(10(14)5-8)11-4-1-7(6-18-11)12(15,16)17;/h7-12H,1-6H3;2*1-2,4-6H;. The topological polar surface area (TPSA) is 51.6 Å². The van der Waals surface area contributed by atoms with Gasteiger partial charge in [0.15, 0.2) is 0 Å². The van der Waals surface area contributed by atoms with E-state index in [0.29, 0.717) is 36.7 Å². The molecule has 4 heterocycles. The predicted octanol–water partition coefficient (Wildman–Crippen LogP) is 11.2. The number of halogens is 10. The quantitative estimate of drug-likeness (QED) is 0.162. The predicted molar refractivity (Wildman–Crippen MR) is 193 cm³/mol. The fourth-order valence-corrected chi connectivity index (χ4v) is 8.75. The van der Waals surface area contributed by atoms with Gasteiger partial charge in [0, 0.05) is 12.4 Å². The molecule has 0 bridgehead atoms. The van der Waals surface area contributed by atoms with Gasteiger partial charge in [-0.05, 0) is 46.2 Å². The summed E-state index contributed by atoms with van der Waals surface area (Å²) >= 11 is -2.06. The Morgan fingerprint density at radius 1 is 0.421 bits per heavy atom. The van der Waals surface area contributed by atoms with Crippen LogP contribution in [-0.4, -0.2) is 19.9 Å². The van der Waals surface area contributed by atoms with E-state index in [2.05, 4.69) is 85.7 Å². The van der Waals surface area contributed by atoms with Crippen molar-refractivity contribution in [2.45, 2.75) is 64.7 Å². The zero-order chi connectivity index (χ0) is 42.1. The average molecular weight is 977 g/mol. The molecular formula is C42H34F10IrN4. The summed E-state index contributed by atoms with van der Waals surface area (Å²) in [6.07, 6.45) is -4.76. The number of aromatic nitrogens is 4. The summed E-state index contributed by atoms with van der Waals surface area (Å²) in [6, 6.07) is 14.2. The molecule has 0 aliphatic rings. The van der Waals surface area contributed by atoms with Crippen molar-refractivity contribution in [2.24, 2.45) is 0 Å². The van der Waals surface area contributed by atoms with E-state index >= 15 is 0 Å². The number of nitrogens with zero attached hydrogens (tertiary/aromatic N) is 4. The Bertz CT molecular complexity index is 2200. The third kappa shape index (κ3) is 10.7. The molecule has 0 radical (unpaired) electrons. The Morgan fingerprint density at radius 3 is 1.09 bits per heavy atom. The van der Waals surface area contributed by atoms with Crippen LogP contribution in [-0.2, 0) is 40.9 Å². The third-order valence-electron chi connectivity index (χ3n) is 8.37. The molecule has 0 aliphatic carbocycles. The van der Waals surface area contributed by atoms with Crippen molar-refractivity contribution in [2.75, 3.05) is 0 Å². The molecule has 0 saturated heterocycles. The number of benzene rings is 2. The Labute approximate surface area is 330 Å². The van der Waals surface area contributed by atoms with Crippen molar-refractivity contribution in [1.82, 2.24) is 19.9 Å². The molecule has 2 aromatic carbocycles. The van der Waals surface area contributed by atoms with Crippen molar-refractivity contribution < 1.29 is 61.6 Å². The van der Waals surface area contributed by atoms with Crippen LogP contribution in [0.3, 0.4) is 0 Å². The first-order valence-corrected chi connectivity index (χ1v) is 19.4. The summed E-state index contributed by atoms with van der Waals surface area (Å²) in [6.45, 7) is 13.3. The van der Waals surface area contributed by atoms with Gasteiger partial charge < -0.3 is 0 Å². The molecule has 4 aromatic heterocycles. The molecule has 6 aromatic rings. The summed E-state index contributed by atoms with van der Waals surface area (Å²) in [5, 5.41) is 0. The molecule has 4 nitrogen and oxygen atoms in total. The van der Waals surface area contributed by atoms with E-state index in [9.17, 15) is 43.9 Å². The number of pyridine rings is 4. The molecule has 15 heteroatoms. The first-order valence-electron chi connectivity index (χ1n) is 17.0. The second-order valence-corrected chi connectivity index (χ2v) is 17.9. The van der Waals surface area contributed by atoms with Gasteiger partial charge >= 0.3 is 210 Å². The first kappa shape index (κ1) is 43.1. The molecule has 0 unspecified atom stereocenters. The van der Waals surface area contributed by atoms with E-state index in [-0.39, 0.29) is 41.5 Å². The number of rotatable bonds is 5. The van der Waals surface area contributed by atoms with Crippen molar-refractivity contribution >= 4 is 8.15 Å². The zero-order valence-corrected chi connectivity index (χ0v) is 33.5. The van der Waals surface area contributed by atoms with E-state index in [1.807, 2.05) is 12.4 Å². The minimum absolute atomic E-state index is 0.108. The van der Waals surface area contributed by atoms with Gasteiger partial charge in [0.25, 0.3) is 0 Å². The van der Waals surface area contributed by atoms with Gasteiger partial charge in [-0.15, -0.1) is 0 Å². The molecule has 0 saturated carbocycles. The van der Waals surface area contributed by atoms with Gasteiger partial charge in [-0.25, -0.2) is 0 Å². The van der Waals surface area contributed by atoms with E-state index in [1.54, 1.807) is 0 Å². The van der Waals surface area contributed by atoms with Crippen molar-refractivity contribution in [3.05, 3.63) is 143 Å². The fourth-order valence-electron chi connectivity index (χ4n) is 5.26. The van der Waals surface area contributed by atoms with Crippen LogP contribution in [0.5, 0.6) is 0 Å². The summed E-state index contributed by atoms with van der Waals surface area (Å²) in [5.41, 5.74) is 1.18. The van der Waals surface area contributed by atoms with E-state index < -0.39 is 64.4 Å². The molecule has 57 heavy (non-hydrogen) atoms. The number of hydrogen-bond donors (Lipinski definition) is 0. The average Bonchev–Trinajstić information content (AvgIpc) is 3.10. The summed E-state index contributed by atoms with van der Waals surface area (Å²) in [5.74, 6) is -4.45. The summed E-state index contributed by atoms with van der Waals surface area (Å²) in [7, 11) is 0. The van der Waals surface area contributed by atoms with Crippen molar-refractivity contribution in [3.63, 3.8) is 0 Å². The molecule has 6 rings (SSSR count). The van der Waals surface area contributed by atoms with Crippen LogP contribution in [0.2, 0.25) is 0 Å². The molecule has 0 spiro atoms. The van der Waals surface area contributed by atoms with Crippen LogP contribution in [0.1, 0.15) is 63.8 Å². The van der Waals surface area contributed by atoms with E-state index in [1.165, 1.54) is 11.1 Å². The zero-order valence-electron chi connectivity index (χ0n) is 31.1. The van der Waals surface area contributed by atoms with E-state index in [4.69, 9.17) is 0 Å². The van der Waals surface area contributed by atoms with Crippen LogP contribution < -0.4 is 8.15 Å². The molecule has 0 aliphatic heterocycles. The summed E-state index contributed by atoms with van der Waals surface area (Å²) in [4.78, 5) is 16.2. The SMILES string of the molecule is CC(C)(C)c1ccnc(-c2cc(C(C)(C)C)ccn2)c1.Fc1cc(F)c(-c2ccc(C(F)(F)F)cn2)[c]([Ir][c]2cc(F)cc(F)c2-c2ccc(C(F)(F)F)cn2)c1. The van der Waals surface area contributed by atoms with Gasteiger partial charge in [0.1, 0.15) is 0 Å². The molecular weight excluding hydrogens is 943 g/mol. The third-order valence-corrected chi connectivity index (χ3v) is 11.5. The normalized spacial score (nSPS) is 12.4. The van der Waals surface area contributed by atoms with Gasteiger partial charge in [-0.3, -0.25) is 9.97 Å². The Morgan fingerprint density at radius 2 is 0.789 bits per heavy atom.